The summed E-state index contributed by atoms with van der Waals surface area (Å²) in [6.07, 6.45) is 5.78. The summed E-state index contributed by atoms with van der Waals surface area (Å²) in [5.74, 6) is 0.137. The molecule has 176 valence electrons. The number of hydrogen-bond donors (Lipinski definition) is 4. The second-order valence-corrected chi connectivity index (χ2v) is 9.65. The quantitative estimate of drug-likeness (QED) is 0.496. The van der Waals surface area contributed by atoms with Crippen LogP contribution in [-0.4, -0.2) is 78.1 Å². The molecule has 32 heavy (non-hydrogen) atoms. The van der Waals surface area contributed by atoms with Gasteiger partial charge in [-0.05, 0) is 63.6 Å². The van der Waals surface area contributed by atoms with Crippen LogP contribution in [0.25, 0.3) is 0 Å². The lowest BCUT2D eigenvalue weighted by molar-refractivity contribution is -0.139. The van der Waals surface area contributed by atoms with Crippen LogP contribution >= 0.6 is 11.6 Å². The van der Waals surface area contributed by atoms with Crippen LogP contribution in [0.1, 0.15) is 48.9 Å². The number of halogens is 1. The average molecular weight is 464 g/mol. The monoisotopic (exact) mass is 463 g/mol. The number of piperidine rings is 2. The van der Waals surface area contributed by atoms with E-state index < -0.39 is 0 Å². The number of nitrogen functional groups attached to an aromatic ring is 1. The van der Waals surface area contributed by atoms with Gasteiger partial charge in [0, 0.05) is 38.3 Å². The molecule has 2 amide bonds. The molecule has 3 saturated heterocycles. The zero-order valence-corrected chi connectivity index (χ0v) is 19.2. The fourth-order valence-corrected chi connectivity index (χ4v) is 5.45. The Balaban J connectivity index is 1.38. The van der Waals surface area contributed by atoms with Gasteiger partial charge in [0.1, 0.15) is 5.75 Å². The van der Waals surface area contributed by atoms with Gasteiger partial charge in [-0.2, -0.15) is 0 Å². The van der Waals surface area contributed by atoms with E-state index in [4.69, 9.17) is 17.3 Å². The summed E-state index contributed by atoms with van der Waals surface area (Å²) in [5.41, 5.74) is 6.05. The molecule has 0 bridgehead atoms. The van der Waals surface area contributed by atoms with E-state index in [1.165, 1.54) is 12.1 Å². The Kier molecular flexibility index (Phi) is 7.43. The van der Waals surface area contributed by atoms with Crippen LogP contribution in [0.4, 0.5) is 5.69 Å². The molecule has 3 heterocycles. The number of amides is 2. The van der Waals surface area contributed by atoms with Crippen LogP contribution in [0.2, 0.25) is 5.02 Å². The molecule has 1 unspecified atom stereocenters. The third-order valence-electron chi connectivity index (χ3n) is 7.12. The number of benzene rings is 1. The summed E-state index contributed by atoms with van der Waals surface area (Å²) in [4.78, 5) is 30.5. The number of carbonyl (C=O) groups is 2. The smallest absolute Gasteiger partial charge is 0.255 e. The number of rotatable bonds is 5. The number of phenolic OH excluding ortho intramolecular Hbond substituents is 1. The van der Waals surface area contributed by atoms with Crippen molar-refractivity contribution in [2.24, 2.45) is 5.92 Å². The van der Waals surface area contributed by atoms with Crippen LogP contribution < -0.4 is 16.4 Å². The van der Waals surface area contributed by atoms with Crippen LogP contribution in [0.3, 0.4) is 0 Å². The molecule has 0 saturated carbocycles. The minimum Gasteiger partial charge on any atom is -0.507 e. The summed E-state index contributed by atoms with van der Waals surface area (Å²) in [6.45, 7) is 5.23. The average Bonchev–Trinajstić information content (AvgIpc) is 3.33. The Morgan fingerprint density at radius 2 is 1.75 bits per heavy atom. The first-order valence-corrected chi connectivity index (χ1v) is 12.1. The first-order valence-electron chi connectivity index (χ1n) is 11.8. The Hall–Kier alpha value is -2.03. The number of anilines is 1. The highest BCUT2D eigenvalue weighted by Gasteiger charge is 2.39. The first-order chi connectivity index (χ1) is 15.4. The van der Waals surface area contributed by atoms with E-state index in [9.17, 15) is 14.7 Å². The van der Waals surface area contributed by atoms with Gasteiger partial charge in [-0.3, -0.25) is 14.5 Å². The lowest BCUT2D eigenvalue weighted by Crippen LogP contribution is -2.57. The molecule has 5 N–H and O–H groups in total. The van der Waals surface area contributed by atoms with Gasteiger partial charge in [-0.15, -0.1) is 0 Å². The van der Waals surface area contributed by atoms with Crippen molar-refractivity contribution in [3.8, 4) is 5.75 Å². The van der Waals surface area contributed by atoms with Gasteiger partial charge in [0.05, 0.1) is 22.3 Å². The molecular weight excluding hydrogens is 430 g/mol. The highest BCUT2D eigenvalue weighted by atomic mass is 35.5. The number of nitrogens with one attached hydrogen (secondary N) is 2. The third-order valence-corrected chi connectivity index (χ3v) is 7.45. The van der Waals surface area contributed by atoms with Crippen molar-refractivity contribution in [1.82, 2.24) is 20.4 Å². The fourth-order valence-electron chi connectivity index (χ4n) is 5.29. The van der Waals surface area contributed by atoms with Gasteiger partial charge in [0.15, 0.2) is 0 Å². The molecule has 9 heteroatoms. The van der Waals surface area contributed by atoms with E-state index in [1.54, 1.807) is 0 Å². The van der Waals surface area contributed by atoms with Gasteiger partial charge in [0.2, 0.25) is 5.91 Å². The second-order valence-electron chi connectivity index (χ2n) is 9.24. The van der Waals surface area contributed by atoms with Crippen LogP contribution in [0.5, 0.6) is 5.75 Å². The Labute approximate surface area is 194 Å². The van der Waals surface area contributed by atoms with E-state index in [1.807, 2.05) is 4.90 Å². The molecular formula is C23H34ClN5O3. The summed E-state index contributed by atoms with van der Waals surface area (Å²) < 4.78 is 0. The van der Waals surface area contributed by atoms with Gasteiger partial charge >= 0.3 is 0 Å². The maximum absolute atomic E-state index is 13.4. The van der Waals surface area contributed by atoms with Crippen LogP contribution in [0.15, 0.2) is 12.1 Å². The van der Waals surface area contributed by atoms with Crippen molar-refractivity contribution in [3.05, 3.63) is 22.7 Å². The van der Waals surface area contributed by atoms with E-state index in [0.717, 1.165) is 77.8 Å². The number of aromatic hydroxyl groups is 1. The Bertz CT molecular complexity index is 831. The SMILES string of the molecule is Nc1cc(O)c(C(=O)NC2CCN(C(C(=O)N3CCCC3)C3CCNCC3)CC2)cc1Cl. The second kappa shape index (κ2) is 10.3. The topological polar surface area (TPSA) is 111 Å². The van der Waals surface area contributed by atoms with Crippen LogP contribution in [-0.2, 0) is 4.79 Å². The van der Waals surface area contributed by atoms with Gasteiger partial charge in [0.25, 0.3) is 5.91 Å². The largest absolute Gasteiger partial charge is 0.507 e. The third kappa shape index (κ3) is 5.13. The van der Waals surface area contributed by atoms with E-state index >= 15 is 0 Å². The van der Waals surface area contributed by atoms with Crippen molar-refractivity contribution in [2.45, 2.75) is 50.6 Å². The maximum Gasteiger partial charge on any atom is 0.255 e. The standard InChI is InChI=1S/C23H34ClN5O3/c24-18-13-17(20(30)14-19(18)25)22(31)27-16-5-11-28(12-6-16)21(15-3-7-26-8-4-15)23(32)29-9-1-2-10-29/h13-16,21,26,30H,1-12,25H2,(H,27,31). The predicted molar refractivity (Wildman–Crippen MR) is 125 cm³/mol. The highest BCUT2D eigenvalue weighted by Crippen LogP contribution is 2.29. The molecule has 8 nitrogen and oxygen atoms in total. The summed E-state index contributed by atoms with van der Waals surface area (Å²) in [6, 6.07) is 2.63. The predicted octanol–water partition coefficient (Wildman–Crippen LogP) is 1.81. The first kappa shape index (κ1) is 23.1. The zero-order chi connectivity index (χ0) is 22.7. The Morgan fingerprint density at radius 3 is 2.41 bits per heavy atom. The van der Waals surface area contributed by atoms with Gasteiger partial charge in [-0.1, -0.05) is 11.6 Å². The lowest BCUT2D eigenvalue weighted by Gasteiger charge is -2.42. The van der Waals surface area contributed by atoms with E-state index in [2.05, 4.69) is 15.5 Å². The normalized spacial score (nSPS) is 22.1. The summed E-state index contributed by atoms with van der Waals surface area (Å²) in [5, 5.41) is 16.8. The lowest BCUT2D eigenvalue weighted by atomic mass is 9.86. The van der Waals surface area contributed by atoms with Crippen LogP contribution in [0, 0.1) is 5.92 Å². The zero-order valence-electron chi connectivity index (χ0n) is 18.5. The number of carbonyl (C=O) groups excluding carboxylic acids is 2. The molecule has 0 aliphatic carbocycles. The molecule has 0 aromatic heterocycles. The molecule has 1 atom stereocenters. The summed E-state index contributed by atoms with van der Waals surface area (Å²) in [7, 11) is 0. The summed E-state index contributed by atoms with van der Waals surface area (Å²) >= 11 is 6.02. The molecule has 0 radical (unpaired) electrons. The van der Waals surface area contributed by atoms with Crippen molar-refractivity contribution < 1.29 is 14.7 Å². The van der Waals surface area contributed by atoms with Crippen molar-refractivity contribution in [2.75, 3.05) is 45.0 Å². The van der Waals surface area contributed by atoms with Crippen molar-refractivity contribution in [3.63, 3.8) is 0 Å². The number of nitrogens with zero attached hydrogens (tertiary/aromatic N) is 2. The fraction of sp³-hybridized carbons (Fsp3) is 0.652. The molecule has 4 rings (SSSR count). The number of nitrogens with two attached hydrogens (primary N) is 1. The number of likely N-dealkylation sites (tertiary alicyclic amines) is 2. The number of phenols is 1. The minimum atomic E-state index is -0.356. The highest BCUT2D eigenvalue weighted by molar-refractivity contribution is 6.33. The van der Waals surface area contributed by atoms with Crippen molar-refractivity contribution >= 4 is 29.1 Å². The molecule has 0 spiro atoms. The molecule has 3 aliphatic heterocycles. The maximum atomic E-state index is 13.4. The molecule has 3 aliphatic rings. The molecule has 1 aromatic carbocycles. The molecule has 1 aromatic rings. The molecule has 3 fully saturated rings. The Morgan fingerprint density at radius 1 is 1.09 bits per heavy atom. The minimum absolute atomic E-state index is 0.00922. The van der Waals surface area contributed by atoms with Gasteiger partial charge < -0.3 is 26.4 Å². The van der Waals surface area contributed by atoms with Crippen molar-refractivity contribution in [1.29, 1.82) is 0 Å². The van der Waals surface area contributed by atoms with E-state index in [0.29, 0.717) is 11.8 Å². The number of hydrogen-bond acceptors (Lipinski definition) is 6. The van der Waals surface area contributed by atoms with Gasteiger partial charge in [-0.25, -0.2) is 0 Å². The van der Waals surface area contributed by atoms with E-state index in [-0.39, 0.29) is 40.0 Å².